The Balaban J connectivity index is 1.28. The summed E-state index contributed by atoms with van der Waals surface area (Å²) in [7, 11) is 2.12. The Labute approximate surface area is 145 Å². The minimum atomic E-state index is 0.433. The first-order valence-corrected chi connectivity index (χ1v) is 8.76. The second-order valence-electron chi connectivity index (χ2n) is 6.90. The van der Waals surface area contributed by atoms with Crippen LogP contribution in [-0.2, 0) is 0 Å². The fourth-order valence-corrected chi connectivity index (χ4v) is 3.38. The molecule has 0 spiro atoms. The fraction of sp³-hybridized carbons (Fsp3) is 0.471. The lowest BCUT2D eigenvalue weighted by Gasteiger charge is -2.45. The maximum absolute atomic E-state index is 4.79. The third kappa shape index (κ3) is 2.48. The average Bonchev–Trinajstić information content (AvgIpc) is 3.00. The summed E-state index contributed by atoms with van der Waals surface area (Å²) in [6.07, 6.45) is 7.27. The minimum Gasteiger partial charge on any atom is -0.353 e. The molecule has 0 bridgehead atoms. The maximum atomic E-state index is 4.79. The van der Waals surface area contributed by atoms with Crippen molar-refractivity contribution in [3.63, 3.8) is 0 Å². The Morgan fingerprint density at radius 3 is 2.84 bits per heavy atom. The van der Waals surface area contributed by atoms with Crippen molar-refractivity contribution in [3.05, 3.63) is 36.5 Å². The Morgan fingerprint density at radius 1 is 1.16 bits per heavy atom. The van der Waals surface area contributed by atoms with E-state index in [1.54, 1.807) is 10.8 Å². The summed E-state index contributed by atoms with van der Waals surface area (Å²) >= 11 is 0. The van der Waals surface area contributed by atoms with Crippen molar-refractivity contribution >= 4 is 17.3 Å². The Bertz CT molecular complexity index is 896. The van der Waals surface area contributed by atoms with Gasteiger partial charge < -0.3 is 9.80 Å². The lowest BCUT2D eigenvalue weighted by Crippen LogP contribution is -2.59. The largest absolute Gasteiger partial charge is 0.353 e. The molecule has 8 nitrogen and oxygen atoms in total. The zero-order valence-electron chi connectivity index (χ0n) is 14.2. The number of fused-ring (bicyclic) bond motifs is 1. The topological polar surface area (TPSA) is 75.3 Å². The molecule has 1 aliphatic heterocycles. The highest BCUT2D eigenvalue weighted by Gasteiger charge is 2.32. The van der Waals surface area contributed by atoms with E-state index in [-0.39, 0.29) is 0 Å². The van der Waals surface area contributed by atoms with Gasteiger partial charge >= 0.3 is 0 Å². The monoisotopic (exact) mass is 336 g/mol. The maximum Gasteiger partial charge on any atom is 0.177 e. The van der Waals surface area contributed by atoms with Crippen LogP contribution >= 0.6 is 0 Å². The molecule has 25 heavy (non-hydrogen) atoms. The number of hydrogen-bond donors (Lipinski definition) is 0. The van der Waals surface area contributed by atoms with Crippen LogP contribution < -0.4 is 9.80 Å². The van der Waals surface area contributed by atoms with E-state index in [0.717, 1.165) is 36.2 Å². The zero-order chi connectivity index (χ0) is 16.8. The van der Waals surface area contributed by atoms with Crippen molar-refractivity contribution in [1.29, 1.82) is 0 Å². The van der Waals surface area contributed by atoms with Gasteiger partial charge in [-0.05, 0) is 31.0 Å². The average molecular weight is 336 g/mol. The standard InChI is InChI=1S/C17H20N8/c1-23(14-7-8-18-17(20-14)12-3-2-4-12)13-9-24(10-13)16-6-5-15-21-19-11-25(15)22-16/h5-8,11-13H,2-4,9-10H2,1H3. The molecule has 0 atom stereocenters. The molecule has 2 fully saturated rings. The van der Waals surface area contributed by atoms with Gasteiger partial charge in [0.25, 0.3) is 0 Å². The summed E-state index contributed by atoms with van der Waals surface area (Å²) in [5.74, 6) is 3.54. The van der Waals surface area contributed by atoms with Crippen LogP contribution in [0, 0.1) is 0 Å². The number of anilines is 2. The van der Waals surface area contributed by atoms with E-state index in [0.29, 0.717) is 12.0 Å². The van der Waals surface area contributed by atoms with E-state index in [1.807, 2.05) is 24.4 Å². The Hall–Kier alpha value is -2.77. The predicted octanol–water partition coefficient (Wildman–Crippen LogP) is 1.51. The molecule has 0 amide bonds. The van der Waals surface area contributed by atoms with Crippen LogP contribution in [0.1, 0.15) is 31.0 Å². The molecule has 0 radical (unpaired) electrons. The number of aromatic nitrogens is 6. The van der Waals surface area contributed by atoms with Gasteiger partial charge in [-0.25, -0.2) is 9.97 Å². The van der Waals surface area contributed by atoms with E-state index in [1.165, 1.54) is 19.3 Å². The number of nitrogens with zero attached hydrogens (tertiary/aromatic N) is 8. The summed E-state index contributed by atoms with van der Waals surface area (Å²) in [6, 6.07) is 6.38. The molecule has 128 valence electrons. The molecule has 8 heteroatoms. The first-order chi connectivity index (χ1) is 12.3. The normalized spacial score (nSPS) is 18.2. The van der Waals surface area contributed by atoms with Crippen LogP contribution in [0.2, 0.25) is 0 Å². The highest BCUT2D eigenvalue weighted by atomic mass is 15.4. The molecule has 1 saturated heterocycles. The van der Waals surface area contributed by atoms with Crippen LogP contribution in [0.15, 0.2) is 30.7 Å². The van der Waals surface area contributed by atoms with Gasteiger partial charge in [0.2, 0.25) is 0 Å². The van der Waals surface area contributed by atoms with Gasteiger partial charge in [0.05, 0.1) is 6.04 Å². The van der Waals surface area contributed by atoms with Gasteiger partial charge in [-0.1, -0.05) is 6.42 Å². The molecular weight excluding hydrogens is 316 g/mol. The molecule has 2 aliphatic rings. The molecular formula is C17H20N8. The summed E-state index contributed by atoms with van der Waals surface area (Å²) in [6.45, 7) is 1.86. The van der Waals surface area contributed by atoms with Crippen molar-refractivity contribution in [1.82, 2.24) is 29.8 Å². The predicted molar refractivity (Wildman–Crippen MR) is 93.8 cm³/mol. The fourth-order valence-electron chi connectivity index (χ4n) is 3.38. The molecule has 3 aromatic heterocycles. The third-order valence-electron chi connectivity index (χ3n) is 5.37. The highest BCUT2D eigenvalue weighted by molar-refractivity contribution is 5.50. The molecule has 0 N–H and O–H groups in total. The van der Waals surface area contributed by atoms with Crippen LogP contribution in [0.5, 0.6) is 0 Å². The molecule has 1 aliphatic carbocycles. The third-order valence-corrected chi connectivity index (χ3v) is 5.37. The zero-order valence-corrected chi connectivity index (χ0v) is 14.2. The second-order valence-corrected chi connectivity index (χ2v) is 6.90. The van der Waals surface area contributed by atoms with E-state index in [4.69, 9.17) is 4.98 Å². The van der Waals surface area contributed by atoms with E-state index >= 15 is 0 Å². The minimum absolute atomic E-state index is 0.433. The molecule has 1 saturated carbocycles. The van der Waals surface area contributed by atoms with Crippen LogP contribution in [0.3, 0.4) is 0 Å². The van der Waals surface area contributed by atoms with Crippen molar-refractivity contribution < 1.29 is 0 Å². The van der Waals surface area contributed by atoms with E-state index in [9.17, 15) is 0 Å². The molecule has 0 unspecified atom stereocenters. The molecule has 3 aromatic rings. The summed E-state index contributed by atoms with van der Waals surface area (Å²) in [5, 5.41) is 12.4. The van der Waals surface area contributed by atoms with E-state index in [2.05, 4.69) is 37.1 Å². The van der Waals surface area contributed by atoms with Gasteiger partial charge in [-0.2, -0.15) is 4.52 Å². The number of likely N-dealkylation sites (N-methyl/N-ethyl adjacent to an activating group) is 1. The van der Waals surface area contributed by atoms with Crippen molar-refractivity contribution in [2.24, 2.45) is 0 Å². The van der Waals surface area contributed by atoms with Gasteiger partial charge in [0.15, 0.2) is 5.65 Å². The first-order valence-electron chi connectivity index (χ1n) is 8.76. The van der Waals surface area contributed by atoms with Gasteiger partial charge in [0.1, 0.15) is 23.8 Å². The Morgan fingerprint density at radius 2 is 2.04 bits per heavy atom. The van der Waals surface area contributed by atoms with Crippen LogP contribution in [0.25, 0.3) is 5.65 Å². The lowest BCUT2D eigenvalue weighted by molar-refractivity contribution is 0.400. The lowest BCUT2D eigenvalue weighted by atomic mass is 9.85. The highest BCUT2D eigenvalue weighted by Crippen LogP contribution is 2.35. The number of hydrogen-bond acceptors (Lipinski definition) is 7. The van der Waals surface area contributed by atoms with Crippen LogP contribution in [0.4, 0.5) is 11.6 Å². The van der Waals surface area contributed by atoms with E-state index < -0.39 is 0 Å². The Kier molecular flexibility index (Phi) is 3.29. The summed E-state index contributed by atoms with van der Waals surface area (Å²) in [5.41, 5.74) is 0.766. The molecule has 5 rings (SSSR count). The van der Waals surface area contributed by atoms with Crippen molar-refractivity contribution in [3.8, 4) is 0 Å². The second kappa shape index (κ2) is 5.65. The number of rotatable bonds is 4. The summed E-state index contributed by atoms with van der Waals surface area (Å²) in [4.78, 5) is 13.8. The van der Waals surface area contributed by atoms with Gasteiger partial charge in [-0.15, -0.1) is 15.3 Å². The first kappa shape index (κ1) is 14.6. The van der Waals surface area contributed by atoms with Crippen molar-refractivity contribution in [2.75, 3.05) is 29.9 Å². The molecule has 4 heterocycles. The smallest absolute Gasteiger partial charge is 0.177 e. The van der Waals surface area contributed by atoms with Crippen LogP contribution in [-0.4, -0.2) is 56.0 Å². The summed E-state index contributed by atoms with van der Waals surface area (Å²) < 4.78 is 1.71. The quantitative estimate of drug-likeness (QED) is 0.715. The SMILES string of the molecule is CN(c1ccnc(C2CCC2)n1)C1CN(c2ccc3nncn3n2)C1. The van der Waals surface area contributed by atoms with Gasteiger partial charge in [0, 0.05) is 32.3 Å². The van der Waals surface area contributed by atoms with Crippen molar-refractivity contribution in [2.45, 2.75) is 31.2 Å². The van der Waals surface area contributed by atoms with Gasteiger partial charge in [-0.3, -0.25) is 0 Å². The molecule has 0 aromatic carbocycles.